The van der Waals surface area contributed by atoms with Crippen LogP contribution in [0.2, 0.25) is 0 Å². The summed E-state index contributed by atoms with van der Waals surface area (Å²) in [6, 6.07) is 3.83. The minimum atomic E-state index is -4.42. The molecule has 1 saturated carbocycles. The molecule has 0 aromatic heterocycles. The first-order valence-corrected chi connectivity index (χ1v) is 7.00. The van der Waals surface area contributed by atoms with Crippen molar-refractivity contribution < 1.29 is 18.0 Å². The Hall–Kier alpha value is -1.56. The quantitative estimate of drug-likeness (QED) is 0.898. The molecule has 1 aromatic carbocycles. The number of benzene rings is 1. The molecule has 1 aliphatic rings. The van der Waals surface area contributed by atoms with Gasteiger partial charge in [-0.1, -0.05) is 12.5 Å². The largest absolute Gasteiger partial charge is 0.416 e. The highest BCUT2D eigenvalue weighted by atomic mass is 19.4. The average Bonchev–Trinajstić information content (AvgIpc) is 2.76. The summed E-state index contributed by atoms with van der Waals surface area (Å²) in [6.07, 6.45) is -1.35. The molecular formula is C15H19F3N2O. The van der Waals surface area contributed by atoms with Crippen molar-refractivity contribution >= 4 is 11.6 Å². The number of halogens is 3. The first kappa shape index (κ1) is 15.8. The third kappa shape index (κ3) is 3.97. The molecule has 0 saturated heterocycles. The van der Waals surface area contributed by atoms with Gasteiger partial charge in [0.15, 0.2) is 0 Å². The third-order valence-corrected chi connectivity index (χ3v) is 3.99. The van der Waals surface area contributed by atoms with Crippen LogP contribution in [0.5, 0.6) is 0 Å². The predicted molar refractivity (Wildman–Crippen MR) is 74.7 cm³/mol. The lowest BCUT2D eigenvalue weighted by Gasteiger charge is -2.16. The van der Waals surface area contributed by atoms with Gasteiger partial charge in [0.2, 0.25) is 5.91 Å². The van der Waals surface area contributed by atoms with E-state index >= 15 is 0 Å². The second-order valence-corrected chi connectivity index (χ2v) is 5.63. The molecule has 0 spiro atoms. The minimum Gasteiger partial charge on any atom is -0.327 e. The molecule has 0 heterocycles. The lowest BCUT2D eigenvalue weighted by atomic mass is 10.00. The fourth-order valence-corrected chi connectivity index (χ4v) is 2.77. The Bertz CT molecular complexity index is 528. The SMILES string of the molecule is Cc1ccc(NC(=O)C[C@@H]2CCC[C@H]2N)cc1C(F)(F)F. The Morgan fingerprint density at radius 2 is 2.10 bits per heavy atom. The van der Waals surface area contributed by atoms with E-state index < -0.39 is 11.7 Å². The van der Waals surface area contributed by atoms with Crippen molar-refractivity contribution in [3.05, 3.63) is 29.3 Å². The monoisotopic (exact) mass is 300 g/mol. The van der Waals surface area contributed by atoms with Crippen molar-refractivity contribution in [3.8, 4) is 0 Å². The zero-order valence-electron chi connectivity index (χ0n) is 11.8. The first-order valence-electron chi connectivity index (χ1n) is 7.00. The third-order valence-electron chi connectivity index (χ3n) is 3.99. The fourth-order valence-electron chi connectivity index (χ4n) is 2.77. The van der Waals surface area contributed by atoms with Gasteiger partial charge >= 0.3 is 6.18 Å². The summed E-state index contributed by atoms with van der Waals surface area (Å²) in [5.74, 6) is -0.160. The molecule has 1 amide bonds. The number of nitrogens with one attached hydrogen (secondary N) is 1. The molecule has 6 heteroatoms. The van der Waals surface area contributed by atoms with Crippen LogP contribution in [0.3, 0.4) is 0 Å². The smallest absolute Gasteiger partial charge is 0.327 e. The Kier molecular flexibility index (Phi) is 4.56. The van der Waals surface area contributed by atoms with Crippen molar-refractivity contribution in [1.82, 2.24) is 0 Å². The molecule has 116 valence electrons. The van der Waals surface area contributed by atoms with Crippen molar-refractivity contribution in [1.29, 1.82) is 0 Å². The summed E-state index contributed by atoms with van der Waals surface area (Å²) in [4.78, 5) is 11.9. The molecule has 1 aliphatic carbocycles. The maximum absolute atomic E-state index is 12.8. The van der Waals surface area contributed by atoms with Gasteiger partial charge in [0.1, 0.15) is 0 Å². The number of carbonyl (C=O) groups excluding carboxylic acids is 1. The second kappa shape index (κ2) is 6.05. The van der Waals surface area contributed by atoms with Gasteiger partial charge in [0, 0.05) is 18.2 Å². The number of nitrogens with two attached hydrogens (primary N) is 1. The molecule has 0 unspecified atom stereocenters. The summed E-state index contributed by atoms with van der Waals surface area (Å²) in [7, 11) is 0. The first-order chi connectivity index (χ1) is 9.77. The normalized spacial score (nSPS) is 22.3. The summed E-state index contributed by atoms with van der Waals surface area (Å²) in [5.41, 5.74) is 5.48. The van der Waals surface area contributed by atoms with E-state index in [-0.39, 0.29) is 35.5 Å². The van der Waals surface area contributed by atoms with Crippen molar-refractivity contribution in [3.63, 3.8) is 0 Å². The number of aryl methyl sites for hydroxylation is 1. The van der Waals surface area contributed by atoms with E-state index in [1.54, 1.807) is 0 Å². The molecule has 1 aromatic rings. The summed E-state index contributed by atoms with van der Waals surface area (Å²) < 4.78 is 38.4. The standard InChI is InChI=1S/C15H19F3N2O/c1-9-5-6-11(8-12(9)15(16,17)18)20-14(21)7-10-3-2-4-13(10)19/h5-6,8,10,13H,2-4,7,19H2,1H3,(H,20,21)/t10-,13+/m0/s1. The van der Waals surface area contributed by atoms with Gasteiger partial charge < -0.3 is 11.1 Å². The molecule has 3 nitrogen and oxygen atoms in total. The van der Waals surface area contributed by atoms with E-state index in [0.717, 1.165) is 25.3 Å². The van der Waals surface area contributed by atoms with Crippen LogP contribution in [0.1, 0.15) is 36.8 Å². The van der Waals surface area contributed by atoms with Crippen LogP contribution < -0.4 is 11.1 Å². The van der Waals surface area contributed by atoms with Gasteiger partial charge in [-0.25, -0.2) is 0 Å². The van der Waals surface area contributed by atoms with Crippen molar-refractivity contribution in [2.24, 2.45) is 11.7 Å². The van der Waals surface area contributed by atoms with Crippen LogP contribution >= 0.6 is 0 Å². The summed E-state index contributed by atoms with van der Waals surface area (Å²) >= 11 is 0. The fraction of sp³-hybridized carbons (Fsp3) is 0.533. The molecule has 1 fully saturated rings. The number of anilines is 1. The van der Waals surface area contributed by atoms with Gasteiger partial charge in [0.25, 0.3) is 0 Å². The Balaban J connectivity index is 2.04. The van der Waals surface area contributed by atoms with E-state index in [4.69, 9.17) is 5.73 Å². The number of hydrogen-bond acceptors (Lipinski definition) is 2. The number of rotatable bonds is 3. The van der Waals surface area contributed by atoms with Crippen LogP contribution in [0.4, 0.5) is 18.9 Å². The van der Waals surface area contributed by atoms with E-state index in [1.165, 1.54) is 19.1 Å². The molecule has 0 radical (unpaired) electrons. The maximum atomic E-state index is 12.8. The van der Waals surface area contributed by atoms with E-state index in [0.29, 0.717) is 0 Å². The topological polar surface area (TPSA) is 55.1 Å². The average molecular weight is 300 g/mol. The van der Waals surface area contributed by atoms with Crippen LogP contribution in [0.25, 0.3) is 0 Å². The van der Waals surface area contributed by atoms with Gasteiger partial charge in [-0.05, 0) is 43.4 Å². The molecule has 0 aliphatic heterocycles. The molecule has 3 N–H and O–H groups in total. The van der Waals surface area contributed by atoms with E-state index in [1.807, 2.05) is 0 Å². The van der Waals surface area contributed by atoms with Crippen LogP contribution in [0, 0.1) is 12.8 Å². The van der Waals surface area contributed by atoms with Gasteiger partial charge in [-0.3, -0.25) is 4.79 Å². The van der Waals surface area contributed by atoms with Gasteiger partial charge in [-0.15, -0.1) is 0 Å². The number of hydrogen-bond donors (Lipinski definition) is 2. The second-order valence-electron chi connectivity index (χ2n) is 5.63. The summed E-state index contributed by atoms with van der Waals surface area (Å²) in [5, 5.41) is 2.53. The highest BCUT2D eigenvalue weighted by Crippen LogP contribution is 2.33. The molecule has 0 bridgehead atoms. The van der Waals surface area contributed by atoms with Crippen molar-refractivity contribution in [2.75, 3.05) is 5.32 Å². The summed E-state index contributed by atoms with van der Waals surface area (Å²) in [6.45, 7) is 1.39. The Labute approximate surface area is 121 Å². The van der Waals surface area contributed by atoms with Crippen LogP contribution in [0.15, 0.2) is 18.2 Å². The van der Waals surface area contributed by atoms with Crippen molar-refractivity contribution in [2.45, 2.75) is 44.8 Å². The minimum absolute atomic E-state index is 0.0134. The van der Waals surface area contributed by atoms with Crippen LogP contribution in [-0.4, -0.2) is 11.9 Å². The molecule has 21 heavy (non-hydrogen) atoms. The number of alkyl halides is 3. The zero-order chi connectivity index (χ0) is 15.6. The van der Waals surface area contributed by atoms with Crippen LogP contribution in [-0.2, 0) is 11.0 Å². The molecular weight excluding hydrogens is 281 g/mol. The maximum Gasteiger partial charge on any atom is 0.416 e. The highest BCUT2D eigenvalue weighted by molar-refractivity contribution is 5.91. The number of carbonyl (C=O) groups is 1. The number of amides is 1. The zero-order valence-corrected chi connectivity index (χ0v) is 11.8. The highest BCUT2D eigenvalue weighted by Gasteiger charge is 2.32. The lowest BCUT2D eigenvalue weighted by Crippen LogP contribution is -2.28. The van der Waals surface area contributed by atoms with Gasteiger partial charge in [0.05, 0.1) is 5.56 Å². The Morgan fingerprint density at radius 3 is 2.67 bits per heavy atom. The molecule has 2 atom stereocenters. The van der Waals surface area contributed by atoms with Gasteiger partial charge in [-0.2, -0.15) is 13.2 Å². The van der Waals surface area contributed by atoms with E-state index in [2.05, 4.69) is 5.32 Å². The molecule has 2 rings (SSSR count). The lowest BCUT2D eigenvalue weighted by molar-refractivity contribution is -0.138. The predicted octanol–water partition coefficient (Wildman–Crippen LogP) is 3.47. The Morgan fingerprint density at radius 1 is 1.38 bits per heavy atom. The van der Waals surface area contributed by atoms with E-state index in [9.17, 15) is 18.0 Å².